The predicted octanol–water partition coefficient (Wildman–Crippen LogP) is 2.52. The molecule has 0 heterocycles. The van der Waals surface area contributed by atoms with Crippen molar-refractivity contribution in [2.45, 2.75) is 32.9 Å². The molecule has 2 N–H and O–H groups in total. The van der Waals surface area contributed by atoms with Crippen LogP contribution in [0.1, 0.15) is 26.3 Å². The monoisotopic (exact) mass is 236 g/mol. The van der Waals surface area contributed by atoms with E-state index in [2.05, 4.69) is 0 Å². The lowest BCUT2D eigenvalue weighted by Crippen LogP contribution is -2.34. The molecule has 0 aliphatic carbocycles. The highest BCUT2D eigenvalue weighted by Gasteiger charge is 2.20. The first-order chi connectivity index (χ1) is 7.83. The third-order valence-corrected chi connectivity index (χ3v) is 2.23. The van der Waals surface area contributed by atoms with Crippen LogP contribution >= 0.6 is 0 Å². The van der Waals surface area contributed by atoms with Crippen molar-refractivity contribution in [2.75, 3.05) is 11.9 Å². The molecule has 0 aliphatic heterocycles. The van der Waals surface area contributed by atoms with Gasteiger partial charge in [-0.15, -0.1) is 0 Å². The van der Waals surface area contributed by atoms with Crippen molar-refractivity contribution in [3.63, 3.8) is 0 Å². The summed E-state index contributed by atoms with van der Waals surface area (Å²) in [5.74, 6) is 0. The molecule has 0 aliphatic rings. The summed E-state index contributed by atoms with van der Waals surface area (Å²) in [6, 6.07) is 7.50. The third-order valence-electron chi connectivity index (χ3n) is 2.23. The minimum Gasteiger partial charge on any atom is -0.443 e. The maximum Gasteiger partial charge on any atom is 0.414 e. The van der Waals surface area contributed by atoms with Crippen molar-refractivity contribution in [3.05, 3.63) is 29.8 Å². The molecule has 0 fully saturated rings. The predicted molar refractivity (Wildman–Crippen MR) is 69.0 cm³/mol. The second-order valence-corrected chi connectivity index (χ2v) is 4.91. The minimum atomic E-state index is -0.484. The van der Waals surface area contributed by atoms with Gasteiger partial charge in [0.25, 0.3) is 0 Å². The van der Waals surface area contributed by atoms with Crippen LogP contribution in [0.4, 0.5) is 10.5 Å². The number of ether oxygens (including phenoxy) is 1. The fourth-order valence-corrected chi connectivity index (χ4v) is 1.29. The molecule has 1 aromatic carbocycles. The Hall–Kier alpha value is -1.55. The molecular weight excluding hydrogens is 216 g/mol. The summed E-state index contributed by atoms with van der Waals surface area (Å²) < 4.78 is 5.27. The Morgan fingerprint density at radius 3 is 2.24 bits per heavy atom. The molecule has 1 rings (SSSR count). The first-order valence-electron chi connectivity index (χ1n) is 5.59. The molecule has 0 bridgehead atoms. The van der Waals surface area contributed by atoms with Crippen molar-refractivity contribution in [2.24, 2.45) is 5.73 Å². The van der Waals surface area contributed by atoms with E-state index < -0.39 is 5.60 Å². The Bertz CT molecular complexity index is 379. The Labute approximate surface area is 102 Å². The lowest BCUT2D eigenvalue weighted by Gasteiger charge is -2.24. The van der Waals surface area contributed by atoms with Gasteiger partial charge < -0.3 is 10.5 Å². The standard InChI is InChI=1S/C13H20N2O2/c1-13(2,3)17-12(16)15(4)11-7-5-10(9-14)6-8-11/h5-8H,9,14H2,1-4H3. The summed E-state index contributed by atoms with van der Waals surface area (Å²) >= 11 is 0. The fourth-order valence-electron chi connectivity index (χ4n) is 1.29. The zero-order valence-corrected chi connectivity index (χ0v) is 10.9. The summed E-state index contributed by atoms with van der Waals surface area (Å²) in [4.78, 5) is 13.3. The Morgan fingerprint density at radius 2 is 1.82 bits per heavy atom. The molecule has 0 unspecified atom stereocenters. The number of benzene rings is 1. The van der Waals surface area contributed by atoms with Crippen LogP contribution in [0.25, 0.3) is 0 Å². The minimum absolute atomic E-state index is 0.363. The molecule has 94 valence electrons. The van der Waals surface area contributed by atoms with Gasteiger partial charge in [0.2, 0.25) is 0 Å². The van der Waals surface area contributed by atoms with Crippen LogP contribution in [-0.4, -0.2) is 18.7 Å². The molecule has 4 nitrogen and oxygen atoms in total. The molecule has 1 aromatic rings. The van der Waals surface area contributed by atoms with Crippen molar-refractivity contribution < 1.29 is 9.53 Å². The zero-order valence-electron chi connectivity index (χ0n) is 10.9. The van der Waals surface area contributed by atoms with Crippen LogP contribution in [0.2, 0.25) is 0 Å². The largest absolute Gasteiger partial charge is 0.443 e. The van der Waals surface area contributed by atoms with E-state index in [1.165, 1.54) is 4.90 Å². The topological polar surface area (TPSA) is 55.6 Å². The number of rotatable bonds is 2. The van der Waals surface area contributed by atoms with Crippen LogP contribution in [0.3, 0.4) is 0 Å². The smallest absolute Gasteiger partial charge is 0.414 e. The number of amides is 1. The summed E-state index contributed by atoms with van der Waals surface area (Å²) in [6.45, 7) is 6.03. The van der Waals surface area contributed by atoms with Crippen LogP contribution in [0, 0.1) is 0 Å². The lowest BCUT2D eigenvalue weighted by atomic mass is 10.2. The second kappa shape index (κ2) is 5.19. The van der Waals surface area contributed by atoms with Crippen molar-refractivity contribution >= 4 is 11.8 Å². The molecule has 1 amide bonds. The highest BCUT2D eigenvalue weighted by Crippen LogP contribution is 2.17. The Kier molecular flexibility index (Phi) is 4.12. The van der Waals surface area contributed by atoms with Gasteiger partial charge in [0, 0.05) is 19.3 Å². The molecule has 0 saturated carbocycles. The van der Waals surface area contributed by atoms with Gasteiger partial charge in [-0.25, -0.2) is 4.79 Å². The summed E-state index contributed by atoms with van der Waals surface area (Å²) in [7, 11) is 1.69. The highest BCUT2D eigenvalue weighted by atomic mass is 16.6. The quantitative estimate of drug-likeness (QED) is 0.858. The van der Waals surface area contributed by atoms with E-state index in [1.54, 1.807) is 7.05 Å². The zero-order chi connectivity index (χ0) is 13.1. The molecule has 0 radical (unpaired) electrons. The number of nitrogens with zero attached hydrogens (tertiary/aromatic N) is 1. The van der Waals surface area contributed by atoms with Gasteiger partial charge in [-0.1, -0.05) is 12.1 Å². The van der Waals surface area contributed by atoms with Gasteiger partial charge in [-0.2, -0.15) is 0 Å². The van der Waals surface area contributed by atoms with Gasteiger partial charge >= 0.3 is 6.09 Å². The van der Waals surface area contributed by atoms with Crippen LogP contribution in [0.5, 0.6) is 0 Å². The molecular formula is C13H20N2O2. The molecule has 17 heavy (non-hydrogen) atoms. The van der Waals surface area contributed by atoms with E-state index in [0.29, 0.717) is 6.54 Å². The molecule has 0 atom stereocenters. The highest BCUT2D eigenvalue weighted by molar-refractivity contribution is 5.87. The Morgan fingerprint density at radius 1 is 1.29 bits per heavy atom. The van der Waals surface area contributed by atoms with Crippen LogP contribution < -0.4 is 10.6 Å². The summed E-state index contributed by atoms with van der Waals surface area (Å²) in [6.07, 6.45) is -0.363. The van der Waals surface area contributed by atoms with Crippen molar-refractivity contribution in [1.82, 2.24) is 0 Å². The Balaban J connectivity index is 2.74. The van der Waals surface area contributed by atoms with Gasteiger partial charge in [0.1, 0.15) is 5.60 Å². The van der Waals surface area contributed by atoms with E-state index >= 15 is 0 Å². The number of carbonyl (C=O) groups excluding carboxylic acids is 1. The summed E-state index contributed by atoms with van der Waals surface area (Å²) in [5, 5.41) is 0. The molecule has 0 aromatic heterocycles. The first-order valence-corrected chi connectivity index (χ1v) is 5.59. The molecule has 0 spiro atoms. The number of hydrogen-bond acceptors (Lipinski definition) is 3. The number of nitrogens with two attached hydrogens (primary N) is 1. The maximum absolute atomic E-state index is 11.8. The molecule has 4 heteroatoms. The van der Waals surface area contributed by atoms with E-state index in [4.69, 9.17) is 10.5 Å². The van der Waals surface area contributed by atoms with Crippen molar-refractivity contribution in [1.29, 1.82) is 0 Å². The number of carbonyl (C=O) groups is 1. The number of hydrogen-bond donors (Lipinski definition) is 1. The first kappa shape index (κ1) is 13.5. The SMILES string of the molecule is CN(C(=O)OC(C)(C)C)c1ccc(CN)cc1. The van der Waals surface area contributed by atoms with Gasteiger partial charge in [-0.3, -0.25) is 4.90 Å². The summed E-state index contributed by atoms with van der Waals surface area (Å²) in [5.41, 5.74) is 6.85. The maximum atomic E-state index is 11.8. The van der Waals surface area contributed by atoms with E-state index in [0.717, 1.165) is 11.3 Å². The van der Waals surface area contributed by atoms with Crippen molar-refractivity contribution in [3.8, 4) is 0 Å². The van der Waals surface area contributed by atoms with Gasteiger partial charge in [0.15, 0.2) is 0 Å². The fraction of sp³-hybridized carbons (Fsp3) is 0.462. The third kappa shape index (κ3) is 4.07. The average molecular weight is 236 g/mol. The molecule has 0 saturated heterocycles. The van der Waals surface area contributed by atoms with E-state index in [1.807, 2.05) is 45.0 Å². The lowest BCUT2D eigenvalue weighted by molar-refractivity contribution is 0.0589. The number of anilines is 1. The second-order valence-electron chi connectivity index (χ2n) is 4.91. The van der Waals surface area contributed by atoms with Gasteiger partial charge in [-0.05, 0) is 38.5 Å². The van der Waals surface area contributed by atoms with Gasteiger partial charge in [0.05, 0.1) is 0 Å². The van der Waals surface area contributed by atoms with Crippen LogP contribution in [-0.2, 0) is 11.3 Å². The normalized spacial score (nSPS) is 11.1. The van der Waals surface area contributed by atoms with E-state index in [9.17, 15) is 4.79 Å². The van der Waals surface area contributed by atoms with E-state index in [-0.39, 0.29) is 6.09 Å². The average Bonchev–Trinajstić information content (AvgIpc) is 2.26. The van der Waals surface area contributed by atoms with Crippen LogP contribution in [0.15, 0.2) is 24.3 Å².